The highest BCUT2D eigenvalue weighted by Gasteiger charge is 2.39. The van der Waals surface area contributed by atoms with Crippen molar-refractivity contribution in [2.24, 2.45) is 5.92 Å². The molecule has 0 amide bonds. The van der Waals surface area contributed by atoms with Crippen LogP contribution in [0.5, 0.6) is 5.75 Å². The van der Waals surface area contributed by atoms with Crippen molar-refractivity contribution < 1.29 is 4.74 Å². The Hall–Kier alpha value is -1.06. The van der Waals surface area contributed by atoms with Crippen LogP contribution in [0.4, 0.5) is 0 Å². The number of nitrogens with one attached hydrogen (secondary N) is 1. The Morgan fingerprint density at radius 2 is 2.10 bits per heavy atom. The Labute approximate surface area is 128 Å². The molecule has 0 bridgehead atoms. The smallest absolute Gasteiger partial charge is 0.119 e. The summed E-state index contributed by atoms with van der Waals surface area (Å²) in [6.07, 6.45) is 6.79. The van der Waals surface area contributed by atoms with E-state index in [9.17, 15) is 0 Å². The van der Waals surface area contributed by atoms with Gasteiger partial charge in [-0.05, 0) is 69.4 Å². The van der Waals surface area contributed by atoms with E-state index in [4.69, 9.17) is 4.74 Å². The third-order valence-corrected chi connectivity index (χ3v) is 4.96. The predicted molar refractivity (Wildman–Crippen MR) is 86.7 cm³/mol. The van der Waals surface area contributed by atoms with E-state index in [-0.39, 0.29) is 0 Å². The molecule has 1 saturated carbocycles. The van der Waals surface area contributed by atoms with Crippen molar-refractivity contribution in [3.8, 4) is 5.75 Å². The molecule has 116 valence electrons. The third kappa shape index (κ3) is 3.41. The molecule has 1 aliphatic carbocycles. The third-order valence-electron chi connectivity index (χ3n) is 4.96. The van der Waals surface area contributed by atoms with Crippen molar-refractivity contribution >= 4 is 0 Å². The van der Waals surface area contributed by atoms with Gasteiger partial charge in [0, 0.05) is 12.1 Å². The van der Waals surface area contributed by atoms with Gasteiger partial charge in [0.25, 0.3) is 0 Å². The van der Waals surface area contributed by atoms with E-state index in [1.165, 1.54) is 44.2 Å². The fraction of sp³-hybridized carbons (Fsp3) is 0.667. The number of likely N-dealkylation sites (tertiary alicyclic amines) is 1. The fourth-order valence-electron chi connectivity index (χ4n) is 3.85. The van der Waals surface area contributed by atoms with Gasteiger partial charge in [0.05, 0.1) is 7.11 Å². The molecule has 3 heteroatoms. The summed E-state index contributed by atoms with van der Waals surface area (Å²) in [4.78, 5) is 2.78. The number of benzene rings is 1. The lowest BCUT2D eigenvalue weighted by atomic mass is 9.89. The molecule has 0 spiro atoms. The van der Waals surface area contributed by atoms with Gasteiger partial charge in [-0.3, -0.25) is 4.90 Å². The maximum Gasteiger partial charge on any atom is 0.119 e. The van der Waals surface area contributed by atoms with Crippen LogP contribution in [0.3, 0.4) is 0 Å². The van der Waals surface area contributed by atoms with E-state index in [1.54, 1.807) is 7.11 Å². The number of hydrogen-bond acceptors (Lipinski definition) is 3. The monoisotopic (exact) mass is 288 g/mol. The first kappa shape index (κ1) is 14.9. The maximum atomic E-state index is 5.45. The SMILES string of the molecule is CNCC1CCCCN(C2CC2)C1c1cccc(OC)c1. The highest BCUT2D eigenvalue weighted by molar-refractivity contribution is 5.31. The predicted octanol–water partition coefficient (Wildman–Crippen LogP) is 3.22. The summed E-state index contributed by atoms with van der Waals surface area (Å²) < 4.78 is 5.45. The number of methoxy groups -OCH3 is 1. The van der Waals surface area contributed by atoms with Crippen LogP contribution in [0.15, 0.2) is 24.3 Å². The quantitative estimate of drug-likeness (QED) is 0.900. The Morgan fingerprint density at radius 3 is 2.81 bits per heavy atom. The van der Waals surface area contributed by atoms with Gasteiger partial charge < -0.3 is 10.1 Å². The van der Waals surface area contributed by atoms with Gasteiger partial charge in [0.2, 0.25) is 0 Å². The first-order chi connectivity index (χ1) is 10.3. The zero-order chi connectivity index (χ0) is 14.7. The summed E-state index contributed by atoms with van der Waals surface area (Å²) in [5.74, 6) is 1.68. The van der Waals surface area contributed by atoms with Crippen LogP contribution >= 0.6 is 0 Å². The lowest BCUT2D eigenvalue weighted by Crippen LogP contribution is -2.37. The van der Waals surface area contributed by atoms with E-state index in [2.05, 4.69) is 41.5 Å². The maximum absolute atomic E-state index is 5.45. The second-order valence-electron chi connectivity index (χ2n) is 6.50. The molecule has 1 aromatic carbocycles. The van der Waals surface area contributed by atoms with E-state index in [1.807, 2.05) is 0 Å². The lowest BCUT2D eigenvalue weighted by Gasteiger charge is -2.36. The molecule has 1 aromatic rings. The molecule has 3 rings (SSSR count). The second-order valence-corrected chi connectivity index (χ2v) is 6.50. The Morgan fingerprint density at radius 1 is 1.24 bits per heavy atom. The fourth-order valence-corrected chi connectivity index (χ4v) is 3.85. The minimum Gasteiger partial charge on any atom is -0.497 e. The minimum atomic E-state index is 0.544. The van der Waals surface area contributed by atoms with Gasteiger partial charge >= 0.3 is 0 Å². The van der Waals surface area contributed by atoms with Crippen LogP contribution in [-0.4, -0.2) is 38.2 Å². The van der Waals surface area contributed by atoms with Crippen LogP contribution in [0.1, 0.15) is 43.7 Å². The Balaban J connectivity index is 1.92. The molecule has 0 aromatic heterocycles. The molecule has 3 nitrogen and oxygen atoms in total. The van der Waals surface area contributed by atoms with Gasteiger partial charge in [-0.1, -0.05) is 18.6 Å². The van der Waals surface area contributed by atoms with Crippen molar-refractivity contribution in [3.05, 3.63) is 29.8 Å². The Kier molecular flexibility index (Phi) is 4.81. The first-order valence-electron chi connectivity index (χ1n) is 8.37. The molecule has 1 heterocycles. The summed E-state index contributed by atoms with van der Waals surface area (Å²) >= 11 is 0. The summed E-state index contributed by atoms with van der Waals surface area (Å²) in [5.41, 5.74) is 1.43. The van der Waals surface area contributed by atoms with Gasteiger partial charge in [0.15, 0.2) is 0 Å². The number of ether oxygens (including phenoxy) is 1. The average molecular weight is 288 g/mol. The molecule has 2 atom stereocenters. The van der Waals surface area contributed by atoms with Crippen LogP contribution in [0.25, 0.3) is 0 Å². The van der Waals surface area contributed by atoms with Crippen molar-refractivity contribution in [3.63, 3.8) is 0 Å². The summed E-state index contributed by atoms with van der Waals surface area (Å²) in [5, 5.41) is 3.42. The number of nitrogens with zero attached hydrogens (tertiary/aromatic N) is 1. The van der Waals surface area contributed by atoms with E-state index >= 15 is 0 Å². The largest absolute Gasteiger partial charge is 0.497 e. The van der Waals surface area contributed by atoms with Crippen molar-refractivity contribution in [1.82, 2.24) is 10.2 Å². The van der Waals surface area contributed by atoms with E-state index in [0.717, 1.165) is 18.3 Å². The van der Waals surface area contributed by atoms with Crippen molar-refractivity contribution in [1.29, 1.82) is 0 Å². The van der Waals surface area contributed by atoms with E-state index in [0.29, 0.717) is 12.0 Å². The minimum absolute atomic E-state index is 0.544. The molecule has 0 radical (unpaired) electrons. The standard InChI is InChI=1S/C18H28N2O/c1-19-13-15-6-3-4-11-20(16-9-10-16)18(15)14-7-5-8-17(12-14)21-2/h5,7-8,12,15-16,18-19H,3-4,6,9-11,13H2,1-2H3. The van der Waals surface area contributed by atoms with Crippen LogP contribution < -0.4 is 10.1 Å². The molecule has 1 N–H and O–H groups in total. The molecular weight excluding hydrogens is 260 g/mol. The molecular formula is C18H28N2O. The summed E-state index contributed by atoms with van der Waals surface area (Å²) in [6.45, 7) is 2.36. The lowest BCUT2D eigenvalue weighted by molar-refractivity contribution is 0.145. The molecule has 1 saturated heterocycles. The van der Waals surface area contributed by atoms with Crippen LogP contribution in [0, 0.1) is 5.92 Å². The average Bonchev–Trinajstić information content (AvgIpc) is 3.34. The molecule has 2 aliphatic rings. The zero-order valence-electron chi connectivity index (χ0n) is 13.3. The number of rotatable bonds is 5. The first-order valence-corrected chi connectivity index (χ1v) is 8.37. The molecule has 1 aliphatic heterocycles. The molecule has 21 heavy (non-hydrogen) atoms. The van der Waals surface area contributed by atoms with Gasteiger partial charge in [0.1, 0.15) is 5.75 Å². The Bertz CT molecular complexity index is 458. The summed E-state index contributed by atoms with van der Waals surface area (Å²) in [7, 11) is 3.84. The zero-order valence-corrected chi connectivity index (χ0v) is 13.3. The van der Waals surface area contributed by atoms with Gasteiger partial charge in [-0.2, -0.15) is 0 Å². The van der Waals surface area contributed by atoms with Crippen LogP contribution in [-0.2, 0) is 0 Å². The second kappa shape index (κ2) is 6.80. The van der Waals surface area contributed by atoms with Crippen molar-refractivity contribution in [2.75, 3.05) is 27.2 Å². The highest BCUT2D eigenvalue weighted by Crippen LogP contribution is 2.42. The molecule has 2 fully saturated rings. The van der Waals surface area contributed by atoms with Gasteiger partial charge in [-0.15, -0.1) is 0 Å². The van der Waals surface area contributed by atoms with Crippen LogP contribution in [0.2, 0.25) is 0 Å². The topological polar surface area (TPSA) is 24.5 Å². The van der Waals surface area contributed by atoms with E-state index < -0.39 is 0 Å². The molecule has 2 unspecified atom stereocenters. The normalized spacial score (nSPS) is 27.3. The van der Waals surface area contributed by atoms with Crippen molar-refractivity contribution in [2.45, 2.75) is 44.2 Å². The highest BCUT2D eigenvalue weighted by atomic mass is 16.5. The summed E-state index contributed by atoms with van der Waals surface area (Å²) in [6, 6.07) is 10.1. The van der Waals surface area contributed by atoms with Gasteiger partial charge in [-0.25, -0.2) is 0 Å². The number of hydrogen-bond donors (Lipinski definition) is 1.